The lowest BCUT2D eigenvalue weighted by atomic mass is 10.1. The molecule has 0 saturated heterocycles. The van der Waals surface area contributed by atoms with Gasteiger partial charge in [0.15, 0.2) is 0 Å². The second-order valence-electron chi connectivity index (χ2n) is 13.9. The standard InChI is InChI=1S/C43H36N6O5/c1-45-25-38(33-13-7-8-14-35(33)45)49-40(37(22-44)47(43(49)52)23-26-16-19-29(53-2)21-39(26)54-3)34-24-46(36-15-9-6-10-30(34)36)27-17-18-28(20-27)48-41(50)31-11-4-5-12-32(31)42(48)51/h4-16,19,21,24-25,27-28H,17-18,20,23H2,1-3H3/t27-,28-/m0/s1. The molecule has 11 heteroatoms. The zero-order valence-electron chi connectivity index (χ0n) is 30.0. The van der Waals surface area contributed by atoms with Crippen LogP contribution in [0.5, 0.6) is 11.5 Å². The number of carbonyl (C=O) groups excluding carboxylic acids is 2. The van der Waals surface area contributed by atoms with Gasteiger partial charge in [0.05, 0.1) is 43.3 Å². The van der Waals surface area contributed by atoms with Gasteiger partial charge in [0, 0.05) is 70.5 Å². The molecule has 11 nitrogen and oxygen atoms in total. The normalized spacial score (nSPS) is 16.7. The minimum atomic E-state index is -0.362. The van der Waals surface area contributed by atoms with Gasteiger partial charge in [-0.05, 0) is 55.7 Å². The van der Waals surface area contributed by atoms with E-state index in [1.165, 1.54) is 9.47 Å². The van der Waals surface area contributed by atoms with Crippen molar-refractivity contribution in [2.75, 3.05) is 14.2 Å². The minimum absolute atomic E-state index is 0.0353. The molecule has 0 spiro atoms. The van der Waals surface area contributed by atoms with Crippen LogP contribution in [-0.4, -0.2) is 55.2 Å². The van der Waals surface area contributed by atoms with E-state index in [1.807, 2.05) is 84.7 Å². The summed E-state index contributed by atoms with van der Waals surface area (Å²) in [6, 6.07) is 30.4. The number of hydrogen-bond donors (Lipinski definition) is 0. The van der Waals surface area contributed by atoms with Crippen molar-refractivity contribution in [1.82, 2.24) is 23.2 Å². The van der Waals surface area contributed by atoms with E-state index in [9.17, 15) is 19.6 Å². The highest BCUT2D eigenvalue weighted by Crippen LogP contribution is 2.42. The fourth-order valence-electron chi connectivity index (χ4n) is 8.59. The summed E-state index contributed by atoms with van der Waals surface area (Å²) in [5, 5.41) is 12.7. The zero-order chi connectivity index (χ0) is 37.2. The average Bonchev–Trinajstić information content (AvgIpc) is 4.01. The third-order valence-electron chi connectivity index (χ3n) is 11.1. The summed E-state index contributed by atoms with van der Waals surface area (Å²) in [6.45, 7) is 0.0862. The Hall–Kier alpha value is -6.80. The summed E-state index contributed by atoms with van der Waals surface area (Å²) < 4.78 is 18.5. The molecule has 2 amide bonds. The van der Waals surface area contributed by atoms with Crippen molar-refractivity contribution in [2.24, 2.45) is 7.05 Å². The van der Waals surface area contributed by atoms with Crippen LogP contribution in [0.4, 0.5) is 0 Å². The first-order valence-electron chi connectivity index (χ1n) is 17.9. The predicted molar refractivity (Wildman–Crippen MR) is 204 cm³/mol. The van der Waals surface area contributed by atoms with Gasteiger partial charge < -0.3 is 18.6 Å². The molecule has 1 saturated carbocycles. The number of aryl methyl sites for hydroxylation is 1. The number of aromatic nitrogens is 4. The lowest BCUT2D eigenvalue weighted by Gasteiger charge is -2.22. The second-order valence-corrected chi connectivity index (χ2v) is 13.9. The quantitative estimate of drug-likeness (QED) is 0.155. The molecule has 1 fully saturated rings. The number of imide groups is 1. The van der Waals surface area contributed by atoms with E-state index in [1.54, 1.807) is 49.1 Å². The molecule has 0 unspecified atom stereocenters. The van der Waals surface area contributed by atoms with Gasteiger partial charge in [-0.25, -0.2) is 4.79 Å². The van der Waals surface area contributed by atoms with Gasteiger partial charge in [0.2, 0.25) is 0 Å². The topological polar surface area (TPSA) is 116 Å². The smallest absolute Gasteiger partial charge is 0.334 e. The summed E-state index contributed by atoms with van der Waals surface area (Å²) in [6.07, 6.45) is 5.97. The van der Waals surface area contributed by atoms with Gasteiger partial charge >= 0.3 is 5.69 Å². The first-order valence-corrected chi connectivity index (χ1v) is 17.9. The number of benzene rings is 4. The highest BCUT2D eigenvalue weighted by Gasteiger charge is 2.43. The second kappa shape index (κ2) is 12.7. The number of carbonyl (C=O) groups is 2. The van der Waals surface area contributed by atoms with Crippen molar-refractivity contribution in [3.05, 3.63) is 136 Å². The zero-order valence-corrected chi connectivity index (χ0v) is 30.0. The van der Waals surface area contributed by atoms with Crippen LogP contribution in [0.15, 0.2) is 108 Å². The van der Waals surface area contributed by atoms with E-state index < -0.39 is 0 Å². The molecule has 1 aliphatic carbocycles. The molecule has 0 N–H and O–H groups in total. The predicted octanol–water partition coefficient (Wildman–Crippen LogP) is 7.08. The maximum absolute atomic E-state index is 14.9. The molecule has 0 bridgehead atoms. The lowest BCUT2D eigenvalue weighted by molar-refractivity contribution is 0.0585. The van der Waals surface area contributed by atoms with E-state index in [0.29, 0.717) is 52.4 Å². The molecule has 4 heterocycles. The molecule has 3 aromatic heterocycles. The van der Waals surface area contributed by atoms with E-state index in [-0.39, 0.29) is 41.8 Å². The Morgan fingerprint density at radius 3 is 2.13 bits per heavy atom. The maximum atomic E-state index is 14.9. The number of methoxy groups -OCH3 is 2. The first-order chi connectivity index (χ1) is 26.3. The van der Waals surface area contributed by atoms with E-state index in [2.05, 4.69) is 10.6 Å². The van der Waals surface area contributed by atoms with Crippen molar-refractivity contribution < 1.29 is 19.1 Å². The highest BCUT2D eigenvalue weighted by molar-refractivity contribution is 6.21. The molecule has 268 valence electrons. The van der Waals surface area contributed by atoms with E-state index in [4.69, 9.17) is 9.47 Å². The van der Waals surface area contributed by atoms with Crippen molar-refractivity contribution in [1.29, 1.82) is 5.26 Å². The number of nitrogens with zero attached hydrogens (tertiary/aromatic N) is 6. The van der Waals surface area contributed by atoms with Crippen LogP contribution >= 0.6 is 0 Å². The highest BCUT2D eigenvalue weighted by atomic mass is 16.5. The summed E-state index contributed by atoms with van der Waals surface area (Å²) >= 11 is 0. The lowest BCUT2D eigenvalue weighted by Crippen LogP contribution is -2.38. The summed E-state index contributed by atoms with van der Waals surface area (Å²) in [5.74, 6) is 0.663. The molecule has 4 aromatic carbocycles. The number of imidazole rings is 1. The van der Waals surface area contributed by atoms with Crippen LogP contribution in [0, 0.1) is 11.3 Å². The fraction of sp³-hybridized carbons (Fsp3) is 0.209. The number of nitriles is 1. The number of para-hydroxylation sites is 2. The summed E-state index contributed by atoms with van der Waals surface area (Å²) in [4.78, 5) is 43.2. The number of fused-ring (bicyclic) bond motifs is 3. The van der Waals surface area contributed by atoms with Crippen molar-refractivity contribution in [3.63, 3.8) is 0 Å². The van der Waals surface area contributed by atoms with Gasteiger partial charge in [-0.15, -0.1) is 0 Å². The van der Waals surface area contributed by atoms with Gasteiger partial charge in [0.25, 0.3) is 11.8 Å². The molecule has 0 radical (unpaired) electrons. The number of rotatable bonds is 8. The SMILES string of the molecule is COc1ccc(Cn2c(C#N)c(-c3cn([C@H]4CC[C@H](N5C(=O)c6ccccc6C5=O)C4)c4ccccc34)n(-c3cn(C)c4ccccc34)c2=O)c(OC)c1. The molecular weight excluding hydrogens is 681 g/mol. The Morgan fingerprint density at radius 2 is 1.43 bits per heavy atom. The van der Waals surface area contributed by atoms with Crippen LogP contribution in [-0.2, 0) is 13.6 Å². The Labute approximate surface area is 310 Å². The Kier molecular flexibility index (Phi) is 7.78. The van der Waals surface area contributed by atoms with E-state index >= 15 is 0 Å². The molecule has 1 aliphatic heterocycles. The number of hydrogen-bond acceptors (Lipinski definition) is 6. The Morgan fingerprint density at radius 1 is 0.759 bits per heavy atom. The van der Waals surface area contributed by atoms with Crippen LogP contribution in [0.25, 0.3) is 38.8 Å². The van der Waals surface area contributed by atoms with Gasteiger partial charge in [-0.1, -0.05) is 48.5 Å². The monoisotopic (exact) mass is 716 g/mol. The Balaban J connectivity index is 1.21. The third kappa shape index (κ3) is 4.90. The molecule has 9 rings (SSSR count). The van der Waals surface area contributed by atoms with Crippen molar-refractivity contribution >= 4 is 33.6 Å². The molecule has 54 heavy (non-hydrogen) atoms. The molecule has 2 atom stereocenters. The minimum Gasteiger partial charge on any atom is -0.497 e. The summed E-state index contributed by atoms with van der Waals surface area (Å²) in [5.41, 5.74) is 5.22. The maximum Gasteiger partial charge on any atom is 0.334 e. The molecule has 7 aromatic rings. The average molecular weight is 717 g/mol. The van der Waals surface area contributed by atoms with Crippen LogP contribution in [0.3, 0.4) is 0 Å². The van der Waals surface area contributed by atoms with Crippen LogP contribution < -0.4 is 15.2 Å². The molecule has 2 aliphatic rings. The first kappa shape index (κ1) is 33.1. The van der Waals surface area contributed by atoms with Crippen molar-refractivity contribution in [2.45, 2.75) is 37.9 Å². The third-order valence-corrected chi connectivity index (χ3v) is 11.1. The van der Waals surface area contributed by atoms with Crippen LogP contribution in [0.1, 0.15) is 57.3 Å². The number of amides is 2. The van der Waals surface area contributed by atoms with E-state index in [0.717, 1.165) is 33.8 Å². The van der Waals surface area contributed by atoms with Crippen molar-refractivity contribution in [3.8, 4) is 34.5 Å². The Bertz CT molecular complexity index is 2740. The largest absolute Gasteiger partial charge is 0.497 e. The number of ether oxygens (including phenoxy) is 2. The fourth-order valence-corrected chi connectivity index (χ4v) is 8.59. The van der Waals surface area contributed by atoms with Gasteiger partial charge in [0.1, 0.15) is 23.3 Å². The van der Waals surface area contributed by atoms with Gasteiger partial charge in [-0.2, -0.15) is 5.26 Å². The van der Waals surface area contributed by atoms with Gasteiger partial charge in [-0.3, -0.25) is 23.6 Å². The molecular formula is C43H36N6O5. The summed E-state index contributed by atoms with van der Waals surface area (Å²) in [7, 11) is 5.09. The van der Waals surface area contributed by atoms with Crippen LogP contribution in [0.2, 0.25) is 0 Å².